The van der Waals surface area contributed by atoms with E-state index in [4.69, 9.17) is 23.2 Å². The van der Waals surface area contributed by atoms with Crippen molar-refractivity contribution < 1.29 is 9.59 Å². The van der Waals surface area contributed by atoms with Crippen molar-refractivity contribution in [3.05, 3.63) is 33.8 Å². The molecule has 23 heavy (non-hydrogen) atoms. The summed E-state index contributed by atoms with van der Waals surface area (Å²) < 4.78 is 0. The zero-order valence-corrected chi connectivity index (χ0v) is 15.2. The molecule has 0 aliphatic rings. The molecular formula is C16H23Cl2N3O2. The zero-order chi connectivity index (χ0) is 17.4. The summed E-state index contributed by atoms with van der Waals surface area (Å²) in [5.74, 6) is -0.226. The summed E-state index contributed by atoms with van der Waals surface area (Å²) >= 11 is 11.9. The van der Waals surface area contributed by atoms with Crippen molar-refractivity contribution in [2.45, 2.75) is 20.4 Å². The van der Waals surface area contributed by atoms with Crippen LogP contribution in [0.25, 0.3) is 0 Å². The first-order chi connectivity index (χ1) is 10.9. The van der Waals surface area contributed by atoms with Crippen LogP contribution in [-0.2, 0) is 16.1 Å². The third-order valence-electron chi connectivity index (χ3n) is 3.28. The average molecular weight is 360 g/mol. The lowest BCUT2D eigenvalue weighted by atomic mass is 10.2. The Morgan fingerprint density at radius 1 is 1.13 bits per heavy atom. The first-order valence-electron chi connectivity index (χ1n) is 7.54. The number of hydrogen-bond donors (Lipinski definition) is 1. The van der Waals surface area contributed by atoms with Crippen molar-refractivity contribution in [2.75, 3.05) is 33.2 Å². The fraction of sp³-hybridized carbons (Fsp3) is 0.500. The first-order valence-corrected chi connectivity index (χ1v) is 8.29. The fourth-order valence-electron chi connectivity index (χ4n) is 2.14. The van der Waals surface area contributed by atoms with E-state index in [1.807, 2.05) is 31.9 Å². The number of nitrogens with one attached hydrogen (secondary N) is 1. The molecule has 0 heterocycles. The highest BCUT2D eigenvalue weighted by Crippen LogP contribution is 2.23. The predicted octanol–water partition coefficient (Wildman–Crippen LogP) is 2.41. The molecule has 0 radical (unpaired) electrons. The predicted molar refractivity (Wildman–Crippen MR) is 93.7 cm³/mol. The molecule has 128 valence electrons. The standard InChI is InChI=1S/C16H23Cl2N3O2/c1-4-19-15(22)10-21(5-2)16(23)11-20(3)9-12-6-7-13(17)14(18)8-12/h6-8H,4-5,9-11H2,1-3H3,(H,19,22). The second-order valence-corrected chi connectivity index (χ2v) is 6.10. The Labute approximate surface area is 147 Å². The number of carbonyl (C=O) groups is 2. The maximum Gasteiger partial charge on any atom is 0.239 e. The molecule has 0 bridgehead atoms. The Morgan fingerprint density at radius 2 is 1.83 bits per heavy atom. The number of rotatable bonds is 8. The van der Waals surface area contributed by atoms with Gasteiger partial charge in [-0.1, -0.05) is 29.3 Å². The highest BCUT2D eigenvalue weighted by Gasteiger charge is 2.17. The SMILES string of the molecule is CCNC(=O)CN(CC)C(=O)CN(C)Cc1ccc(Cl)c(Cl)c1. The average Bonchev–Trinajstić information content (AvgIpc) is 2.48. The van der Waals surface area contributed by atoms with Gasteiger partial charge in [0.1, 0.15) is 0 Å². The minimum Gasteiger partial charge on any atom is -0.355 e. The normalized spacial score (nSPS) is 10.7. The van der Waals surface area contributed by atoms with E-state index in [1.54, 1.807) is 12.1 Å². The number of halogens is 2. The van der Waals surface area contributed by atoms with Gasteiger partial charge in [0.2, 0.25) is 11.8 Å². The topological polar surface area (TPSA) is 52.7 Å². The molecule has 7 heteroatoms. The Hall–Kier alpha value is -1.30. The number of amides is 2. The van der Waals surface area contributed by atoms with Crippen molar-refractivity contribution >= 4 is 35.0 Å². The van der Waals surface area contributed by atoms with Crippen LogP contribution in [0.15, 0.2) is 18.2 Å². The molecule has 1 N–H and O–H groups in total. The van der Waals surface area contributed by atoms with Gasteiger partial charge in [-0.15, -0.1) is 0 Å². The fourth-order valence-corrected chi connectivity index (χ4v) is 2.46. The highest BCUT2D eigenvalue weighted by molar-refractivity contribution is 6.42. The third kappa shape index (κ3) is 6.77. The number of nitrogens with zero attached hydrogens (tertiary/aromatic N) is 2. The van der Waals surface area contributed by atoms with Crippen LogP contribution in [0.3, 0.4) is 0 Å². The van der Waals surface area contributed by atoms with Crippen molar-refractivity contribution in [3.8, 4) is 0 Å². The molecule has 1 rings (SSSR count). The van der Waals surface area contributed by atoms with Gasteiger partial charge in [0.15, 0.2) is 0 Å². The van der Waals surface area contributed by atoms with Gasteiger partial charge in [-0.3, -0.25) is 14.5 Å². The lowest BCUT2D eigenvalue weighted by Crippen LogP contribution is -2.44. The van der Waals surface area contributed by atoms with Crippen molar-refractivity contribution in [1.29, 1.82) is 0 Å². The molecule has 1 aromatic rings. The van der Waals surface area contributed by atoms with E-state index in [0.717, 1.165) is 5.56 Å². The Kier molecular flexibility index (Phi) is 8.37. The van der Waals surface area contributed by atoms with Gasteiger partial charge in [-0.2, -0.15) is 0 Å². The summed E-state index contributed by atoms with van der Waals surface area (Å²) in [5.41, 5.74) is 0.974. The van der Waals surface area contributed by atoms with Crippen LogP contribution < -0.4 is 5.32 Å². The summed E-state index contributed by atoms with van der Waals surface area (Å²) in [6, 6.07) is 5.40. The number of hydrogen-bond acceptors (Lipinski definition) is 3. The van der Waals surface area contributed by atoms with Gasteiger partial charge in [-0.05, 0) is 38.6 Å². The molecule has 0 saturated heterocycles. The van der Waals surface area contributed by atoms with E-state index < -0.39 is 0 Å². The van der Waals surface area contributed by atoms with E-state index in [9.17, 15) is 9.59 Å². The van der Waals surface area contributed by atoms with Gasteiger partial charge in [0.05, 0.1) is 23.1 Å². The summed E-state index contributed by atoms with van der Waals surface area (Å²) in [4.78, 5) is 27.3. The quantitative estimate of drug-likeness (QED) is 0.775. The van der Waals surface area contributed by atoms with Crippen molar-refractivity contribution in [2.24, 2.45) is 0 Å². The number of carbonyl (C=O) groups excluding carboxylic acids is 2. The lowest BCUT2D eigenvalue weighted by molar-refractivity contribution is -0.136. The highest BCUT2D eigenvalue weighted by atomic mass is 35.5. The molecule has 5 nitrogen and oxygen atoms in total. The third-order valence-corrected chi connectivity index (χ3v) is 4.02. The molecule has 0 atom stereocenters. The summed E-state index contributed by atoms with van der Waals surface area (Å²) in [5, 5.41) is 3.70. The molecule has 0 aliphatic heterocycles. The van der Waals surface area contributed by atoms with E-state index in [-0.39, 0.29) is 24.9 Å². The zero-order valence-electron chi connectivity index (χ0n) is 13.7. The minimum absolute atomic E-state index is 0.0821. The molecule has 0 fully saturated rings. The second-order valence-electron chi connectivity index (χ2n) is 5.28. The van der Waals surface area contributed by atoms with E-state index in [1.165, 1.54) is 4.90 Å². The van der Waals surface area contributed by atoms with Gasteiger partial charge in [0, 0.05) is 19.6 Å². The summed E-state index contributed by atoms with van der Waals surface area (Å²) in [6.07, 6.45) is 0. The van der Waals surface area contributed by atoms with Crippen molar-refractivity contribution in [3.63, 3.8) is 0 Å². The summed E-state index contributed by atoms with van der Waals surface area (Å²) in [6.45, 7) is 5.65. The van der Waals surface area contributed by atoms with Crippen LogP contribution in [0.4, 0.5) is 0 Å². The molecule has 2 amide bonds. The van der Waals surface area contributed by atoms with Crippen LogP contribution in [-0.4, -0.2) is 54.8 Å². The molecule has 0 aromatic heterocycles. The molecule has 0 unspecified atom stereocenters. The molecule has 0 spiro atoms. The number of benzene rings is 1. The molecule has 0 saturated carbocycles. The maximum atomic E-state index is 12.3. The smallest absolute Gasteiger partial charge is 0.239 e. The minimum atomic E-state index is -0.144. The summed E-state index contributed by atoms with van der Waals surface area (Å²) in [7, 11) is 1.85. The van der Waals surface area contributed by atoms with Crippen molar-refractivity contribution in [1.82, 2.24) is 15.1 Å². The largest absolute Gasteiger partial charge is 0.355 e. The number of likely N-dealkylation sites (N-methyl/N-ethyl adjacent to an activating group) is 3. The van der Waals surface area contributed by atoms with Gasteiger partial charge < -0.3 is 10.2 Å². The second kappa shape index (κ2) is 9.75. The molecular weight excluding hydrogens is 337 g/mol. The van der Waals surface area contributed by atoms with Gasteiger partial charge >= 0.3 is 0 Å². The van der Waals surface area contributed by atoms with Gasteiger partial charge in [-0.25, -0.2) is 0 Å². The molecule has 1 aromatic carbocycles. The van der Waals surface area contributed by atoms with Gasteiger partial charge in [0.25, 0.3) is 0 Å². The van der Waals surface area contributed by atoms with Crippen LogP contribution in [0.2, 0.25) is 10.0 Å². The van der Waals surface area contributed by atoms with E-state index >= 15 is 0 Å². The molecule has 0 aliphatic carbocycles. The Balaban J connectivity index is 2.56. The monoisotopic (exact) mass is 359 g/mol. The van der Waals surface area contributed by atoms with Crippen LogP contribution in [0.1, 0.15) is 19.4 Å². The maximum absolute atomic E-state index is 12.3. The van der Waals surface area contributed by atoms with Crippen LogP contribution >= 0.6 is 23.2 Å². The Bertz CT molecular complexity index is 552. The van der Waals surface area contributed by atoms with Crippen LogP contribution in [0, 0.1) is 0 Å². The first kappa shape index (κ1) is 19.7. The van der Waals surface area contributed by atoms with Crippen LogP contribution in [0.5, 0.6) is 0 Å². The lowest BCUT2D eigenvalue weighted by Gasteiger charge is -2.24. The Morgan fingerprint density at radius 3 is 2.39 bits per heavy atom. The van der Waals surface area contributed by atoms with E-state index in [0.29, 0.717) is 29.7 Å². The van der Waals surface area contributed by atoms with E-state index in [2.05, 4.69) is 5.32 Å².